The fraction of sp³-hybridized carbons (Fsp3) is 0.267. The van der Waals surface area contributed by atoms with Gasteiger partial charge in [0.2, 0.25) is 5.88 Å². The molecule has 2 N–H and O–H groups in total. The third-order valence-corrected chi connectivity index (χ3v) is 3.17. The Bertz CT molecular complexity index is 548. The van der Waals surface area contributed by atoms with E-state index in [-0.39, 0.29) is 6.10 Å². The molecule has 2 aromatic rings. The molecule has 4 heteroatoms. The van der Waals surface area contributed by atoms with Crippen LogP contribution in [0, 0.1) is 0 Å². The van der Waals surface area contributed by atoms with Gasteiger partial charge in [-0.2, -0.15) is 0 Å². The molecule has 1 aromatic heterocycles. The van der Waals surface area contributed by atoms with Crippen molar-refractivity contribution in [1.82, 2.24) is 4.98 Å². The second-order valence-electron chi connectivity index (χ2n) is 4.57. The first kappa shape index (κ1) is 12.0. The van der Waals surface area contributed by atoms with E-state index in [2.05, 4.69) is 4.98 Å². The Labute approximate surface area is 112 Å². The van der Waals surface area contributed by atoms with Crippen LogP contribution in [-0.2, 0) is 4.74 Å². The number of rotatable bonds is 3. The summed E-state index contributed by atoms with van der Waals surface area (Å²) in [6.45, 7) is 0.806. The molecule has 1 atom stereocenters. The number of pyridine rings is 1. The van der Waals surface area contributed by atoms with Crippen LogP contribution < -0.4 is 10.5 Å². The summed E-state index contributed by atoms with van der Waals surface area (Å²) in [4.78, 5) is 4.31. The second kappa shape index (κ2) is 5.28. The molecule has 4 nitrogen and oxygen atoms in total. The van der Waals surface area contributed by atoms with Crippen LogP contribution in [0.25, 0.3) is 0 Å². The maximum absolute atomic E-state index is 5.83. The highest BCUT2D eigenvalue weighted by Crippen LogP contribution is 2.35. The van der Waals surface area contributed by atoms with Crippen molar-refractivity contribution in [3.8, 4) is 11.6 Å². The van der Waals surface area contributed by atoms with Gasteiger partial charge in [0.15, 0.2) is 0 Å². The maximum Gasteiger partial charge on any atom is 0.225 e. The zero-order chi connectivity index (χ0) is 13.1. The van der Waals surface area contributed by atoms with Crippen LogP contribution in [0.5, 0.6) is 11.6 Å². The number of benzene rings is 1. The van der Waals surface area contributed by atoms with Gasteiger partial charge < -0.3 is 15.2 Å². The number of anilines is 1. The number of ether oxygens (including phenoxy) is 2. The van der Waals surface area contributed by atoms with Crippen LogP contribution in [0.4, 0.5) is 5.69 Å². The Morgan fingerprint density at radius 2 is 2.05 bits per heavy atom. The molecule has 0 bridgehead atoms. The van der Waals surface area contributed by atoms with Gasteiger partial charge in [-0.25, -0.2) is 4.98 Å². The Morgan fingerprint density at radius 1 is 1.21 bits per heavy atom. The minimum atomic E-state index is 0.0949. The fourth-order valence-corrected chi connectivity index (χ4v) is 2.20. The molecule has 1 saturated heterocycles. The highest BCUT2D eigenvalue weighted by molar-refractivity contribution is 5.43. The Morgan fingerprint density at radius 3 is 2.79 bits per heavy atom. The number of hydrogen-bond donors (Lipinski definition) is 1. The van der Waals surface area contributed by atoms with Crippen molar-refractivity contribution in [2.45, 2.75) is 18.9 Å². The van der Waals surface area contributed by atoms with Gasteiger partial charge in [-0.15, -0.1) is 0 Å². The van der Waals surface area contributed by atoms with Gasteiger partial charge in [-0.3, -0.25) is 0 Å². The molecule has 0 amide bonds. The molecule has 1 fully saturated rings. The van der Waals surface area contributed by atoms with Crippen molar-refractivity contribution in [3.05, 3.63) is 48.2 Å². The monoisotopic (exact) mass is 256 g/mol. The van der Waals surface area contributed by atoms with Crippen LogP contribution in [0.1, 0.15) is 24.5 Å². The van der Waals surface area contributed by atoms with E-state index in [0.717, 1.165) is 30.8 Å². The number of nitrogens with zero attached hydrogens (tertiary/aromatic N) is 1. The third-order valence-electron chi connectivity index (χ3n) is 3.17. The highest BCUT2D eigenvalue weighted by atomic mass is 16.5. The molecule has 3 rings (SSSR count). The minimum Gasteiger partial charge on any atom is -0.439 e. The average Bonchev–Trinajstić information content (AvgIpc) is 2.96. The number of aromatic nitrogens is 1. The normalized spacial score (nSPS) is 18.4. The van der Waals surface area contributed by atoms with Crippen molar-refractivity contribution < 1.29 is 9.47 Å². The quantitative estimate of drug-likeness (QED) is 0.856. The standard InChI is InChI=1S/C15H16N2O2/c16-11-5-7-12(8-6-11)19-15-13(3-1-9-17-15)14-4-2-10-18-14/h1,3,5-9,14H,2,4,10,16H2. The Hall–Kier alpha value is -2.07. The van der Waals surface area contributed by atoms with E-state index >= 15 is 0 Å². The largest absolute Gasteiger partial charge is 0.439 e. The fourth-order valence-electron chi connectivity index (χ4n) is 2.20. The summed E-state index contributed by atoms with van der Waals surface area (Å²) in [6.07, 6.45) is 3.92. The third kappa shape index (κ3) is 2.69. The molecule has 0 radical (unpaired) electrons. The van der Waals surface area contributed by atoms with Crippen molar-refractivity contribution in [2.75, 3.05) is 12.3 Å². The van der Waals surface area contributed by atoms with E-state index in [1.165, 1.54) is 0 Å². The summed E-state index contributed by atoms with van der Waals surface area (Å²) >= 11 is 0. The number of nitrogen functional groups attached to an aromatic ring is 1. The van der Waals surface area contributed by atoms with Gasteiger partial charge >= 0.3 is 0 Å². The van der Waals surface area contributed by atoms with Crippen molar-refractivity contribution in [1.29, 1.82) is 0 Å². The first-order chi connectivity index (χ1) is 9.33. The van der Waals surface area contributed by atoms with Crippen LogP contribution in [-0.4, -0.2) is 11.6 Å². The van der Waals surface area contributed by atoms with Gasteiger partial charge in [0.25, 0.3) is 0 Å². The highest BCUT2D eigenvalue weighted by Gasteiger charge is 2.22. The molecule has 1 aromatic carbocycles. The van der Waals surface area contributed by atoms with Crippen LogP contribution in [0.15, 0.2) is 42.6 Å². The van der Waals surface area contributed by atoms with Crippen molar-refractivity contribution in [3.63, 3.8) is 0 Å². The molecule has 0 spiro atoms. The zero-order valence-corrected chi connectivity index (χ0v) is 10.6. The molecule has 98 valence electrons. The summed E-state index contributed by atoms with van der Waals surface area (Å²) in [7, 11) is 0. The predicted molar refractivity (Wildman–Crippen MR) is 73.1 cm³/mol. The lowest BCUT2D eigenvalue weighted by Gasteiger charge is -2.14. The number of hydrogen-bond acceptors (Lipinski definition) is 4. The van der Waals surface area contributed by atoms with Crippen molar-refractivity contribution in [2.24, 2.45) is 0 Å². The molecule has 1 unspecified atom stereocenters. The van der Waals surface area contributed by atoms with E-state index in [0.29, 0.717) is 11.6 Å². The van der Waals surface area contributed by atoms with Gasteiger partial charge in [0, 0.05) is 24.1 Å². The molecular formula is C15H16N2O2. The van der Waals surface area contributed by atoms with Gasteiger partial charge in [-0.05, 0) is 49.2 Å². The molecule has 1 aliphatic rings. The van der Waals surface area contributed by atoms with Gasteiger partial charge in [-0.1, -0.05) is 0 Å². The Balaban J connectivity index is 1.85. The summed E-state index contributed by atoms with van der Waals surface area (Å²) < 4.78 is 11.5. The van der Waals surface area contributed by atoms with Crippen LogP contribution in [0.2, 0.25) is 0 Å². The van der Waals surface area contributed by atoms with E-state index in [1.807, 2.05) is 36.4 Å². The van der Waals surface area contributed by atoms with Crippen LogP contribution >= 0.6 is 0 Å². The smallest absolute Gasteiger partial charge is 0.225 e. The maximum atomic E-state index is 5.83. The van der Waals surface area contributed by atoms with Crippen LogP contribution in [0.3, 0.4) is 0 Å². The molecular weight excluding hydrogens is 240 g/mol. The van der Waals surface area contributed by atoms with E-state index in [4.69, 9.17) is 15.2 Å². The summed E-state index contributed by atoms with van der Waals surface area (Å²) in [5.41, 5.74) is 7.38. The summed E-state index contributed by atoms with van der Waals surface area (Å²) in [5.74, 6) is 1.34. The lowest BCUT2D eigenvalue weighted by Crippen LogP contribution is -2.00. The summed E-state index contributed by atoms with van der Waals surface area (Å²) in [5, 5.41) is 0. The first-order valence-electron chi connectivity index (χ1n) is 6.43. The zero-order valence-electron chi connectivity index (χ0n) is 10.6. The predicted octanol–water partition coefficient (Wildman–Crippen LogP) is 3.31. The number of nitrogens with two attached hydrogens (primary N) is 1. The first-order valence-corrected chi connectivity index (χ1v) is 6.43. The lowest BCUT2D eigenvalue weighted by molar-refractivity contribution is 0.109. The van der Waals surface area contributed by atoms with Gasteiger partial charge in [0.1, 0.15) is 5.75 Å². The minimum absolute atomic E-state index is 0.0949. The van der Waals surface area contributed by atoms with E-state index in [9.17, 15) is 0 Å². The second-order valence-corrected chi connectivity index (χ2v) is 4.57. The molecule has 1 aliphatic heterocycles. The Kier molecular flexibility index (Phi) is 3.33. The molecule has 19 heavy (non-hydrogen) atoms. The topological polar surface area (TPSA) is 57.4 Å². The van der Waals surface area contributed by atoms with E-state index < -0.39 is 0 Å². The van der Waals surface area contributed by atoms with Crippen molar-refractivity contribution >= 4 is 5.69 Å². The molecule has 0 saturated carbocycles. The van der Waals surface area contributed by atoms with E-state index in [1.54, 1.807) is 6.20 Å². The van der Waals surface area contributed by atoms with Gasteiger partial charge in [0.05, 0.1) is 6.10 Å². The average molecular weight is 256 g/mol. The SMILES string of the molecule is Nc1ccc(Oc2ncccc2C2CCCO2)cc1. The molecule has 2 heterocycles. The molecule has 0 aliphatic carbocycles. The lowest BCUT2D eigenvalue weighted by atomic mass is 10.1. The summed E-state index contributed by atoms with van der Waals surface area (Å²) in [6, 6.07) is 11.2.